The van der Waals surface area contributed by atoms with Crippen molar-refractivity contribution < 1.29 is 18.7 Å². The number of carbonyl (C=O) groups is 2. The fraction of sp³-hybridized carbons (Fsp3) is 0.350. The topological polar surface area (TPSA) is 80.9 Å². The largest absolute Gasteiger partial charge is 0.460 e. The molecule has 1 N–H and O–H groups in total. The summed E-state index contributed by atoms with van der Waals surface area (Å²) in [7, 11) is 0. The van der Waals surface area contributed by atoms with Crippen molar-refractivity contribution in [3.05, 3.63) is 58.0 Å². The lowest BCUT2D eigenvalue weighted by molar-refractivity contribution is 0.0486. The number of nitrogens with one attached hydrogen (secondary N) is 1. The number of furan rings is 1. The van der Waals surface area contributed by atoms with Gasteiger partial charge in [-0.1, -0.05) is 18.2 Å². The summed E-state index contributed by atoms with van der Waals surface area (Å²) in [6.45, 7) is 5.74. The quantitative estimate of drug-likeness (QED) is 0.672. The van der Waals surface area contributed by atoms with Crippen LogP contribution >= 0.6 is 0 Å². The van der Waals surface area contributed by atoms with Gasteiger partial charge in [-0.05, 0) is 45.2 Å². The lowest BCUT2D eigenvalue weighted by atomic mass is 9.93. The minimum atomic E-state index is -0.470. The molecule has 6 heteroatoms. The number of aryl methyl sites for hydroxylation is 2. The number of hydrogen-bond acceptors (Lipinski definition) is 5. The van der Waals surface area contributed by atoms with Gasteiger partial charge in [-0.15, -0.1) is 0 Å². The Hall–Kier alpha value is -2.89. The maximum absolute atomic E-state index is 12.4. The predicted molar refractivity (Wildman–Crippen MR) is 97.5 cm³/mol. The van der Waals surface area contributed by atoms with Crippen LogP contribution in [0.4, 0.5) is 0 Å². The Morgan fingerprint density at radius 2 is 2.00 bits per heavy atom. The average molecular weight is 354 g/mol. The zero-order valence-corrected chi connectivity index (χ0v) is 15.2. The van der Waals surface area contributed by atoms with Crippen LogP contribution in [0.15, 0.2) is 33.8 Å². The van der Waals surface area contributed by atoms with Gasteiger partial charge >= 0.3 is 5.97 Å². The molecule has 0 radical (unpaired) electrons. The smallest absolute Gasteiger partial charge is 0.374 e. The van der Waals surface area contributed by atoms with E-state index in [1.54, 1.807) is 13.0 Å². The molecule has 0 saturated heterocycles. The zero-order chi connectivity index (χ0) is 18.7. The average Bonchev–Trinajstić information content (AvgIpc) is 2.98. The van der Waals surface area contributed by atoms with E-state index < -0.39 is 5.97 Å². The van der Waals surface area contributed by atoms with E-state index in [0.29, 0.717) is 17.5 Å². The molecule has 1 heterocycles. The van der Waals surface area contributed by atoms with Crippen molar-refractivity contribution >= 4 is 17.6 Å². The van der Waals surface area contributed by atoms with Gasteiger partial charge in [0.25, 0.3) is 5.91 Å². The van der Waals surface area contributed by atoms with E-state index in [1.165, 1.54) is 0 Å². The Bertz CT molecular complexity index is 880. The molecule has 1 aromatic heterocycles. The van der Waals surface area contributed by atoms with Crippen molar-refractivity contribution in [3.8, 4) is 0 Å². The van der Waals surface area contributed by atoms with Crippen molar-refractivity contribution in [1.29, 1.82) is 0 Å². The lowest BCUT2D eigenvalue weighted by Crippen LogP contribution is -2.22. The molecule has 6 nitrogen and oxygen atoms in total. The molecule has 0 bridgehead atoms. The molecule has 1 aliphatic carbocycles. The van der Waals surface area contributed by atoms with Gasteiger partial charge in [0.15, 0.2) is 0 Å². The molecule has 1 aromatic carbocycles. The third-order valence-electron chi connectivity index (χ3n) is 4.47. The number of hydrazone groups is 1. The van der Waals surface area contributed by atoms with Crippen molar-refractivity contribution in [2.45, 2.75) is 40.0 Å². The minimum absolute atomic E-state index is 0.219. The Morgan fingerprint density at radius 1 is 1.23 bits per heavy atom. The Balaban J connectivity index is 1.87. The molecule has 0 aliphatic heterocycles. The van der Waals surface area contributed by atoms with E-state index >= 15 is 0 Å². The van der Waals surface area contributed by atoms with Crippen LogP contribution in [0.2, 0.25) is 0 Å². The van der Waals surface area contributed by atoms with Gasteiger partial charge in [-0.3, -0.25) is 4.79 Å². The van der Waals surface area contributed by atoms with Crippen LogP contribution in [0.25, 0.3) is 0 Å². The van der Waals surface area contributed by atoms with Gasteiger partial charge in [0.05, 0.1) is 12.3 Å². The zero-order valence-electron chi connectivity index (χ0n) is 15.2. The Labute approximate surface area is 152 Å². The van der Waals surface area contributed by atoms with Crippen LogP contribution in [0, 0.1) is 13.8 Å². The van der Waals surface area contributed by atoms with E-state index in [-0.39, 0.29) is 18.3 Å². The van der Waals surface area contributed by atoms with Gasteiger partial charge < -0.3 is 9.15 Å². The number of nitrogens with zero attached hydrogens (tertiary/aromatic N) is 1. The van der Waals surface area contributed by atoms with Crippen LogP contribution < -0.4 is 5.43 Å². The van der Waals surface area contributed by atoms with Gasteiger partial charge in [-0.25, -0.2) is 10.2 Å². The Kier molecular flexibility index (Phi) is 5.21. The van der Waals surface area contributed by atoms with Crippen LogP contribution in [0.5, 0.6) is 0 Å². The molecule has 136 valence electrons. The second-order valence-electron chi connectivity index (χ2n) is 6.24. The highest BCUT2D eigenvalue weighted by Gasteiger charge is 2.28. The van der Waals surface area contributed by atoms with E-state index in [1.807, 2.05) is 32.0 Å². The fourth-order valence-electron chi connectivity index (χ4n) is 3.18. The molecule has 26 heavy (non-hydrogen) atoms. The van der Waals surface area contributed by atoms with Crippen molar-refractivity contribution in [3.63, 3.8) is 0 Å². The van der Waals surface area contributed by atoms with Crippen molar-refractivity contribution in [2.75, 3.05) is 6.61 Å². The van der Waals surface area contributed by atoms with Gasteiger partial charge in [0.1, 0.15) is 5.76 Å². The van der Waals surface area contributed by atoms with Crippen LogP contribution in [0.3, 0.4) is 0 Å². The molecule has 1 amide bonds. The van der Waals surface area contributed by atoms with Crippen molar-refractivity contribution in [2.24, 2.45) is 5.10 Å². The number of amides is 1. The number of rotatable bonds is 4. The monoisotopic (exact) mass is 354 g/mol. The predicted octanol–water partition coefficient (Wildman–Crippen LogP) is 3.54. The summed E-state index contributed by atoms with van der Waals surface area (Å²) >= 11 is 0. The normalized spacial score (nSPS) is 14.8. The molecule has 3 rings (SSSR count). The summed E-state index contributed by atoms with van der Waals surface area (Å²) in [5.74, 6) is 0.217. The molecule has 1 aliphatic rings. The molecule has 0 atom stereocenters. The van der Waals surface area contributed by atoms with E-state index in [0.717, 1.165) is 35.4 Å². The third-order valence-corrected chi connectivity index (χ3v) is 4.47. The van der Waals surface area contributed by atoms with Gasteiger partial charge in [0, 0.05) is 23.1 Å². The summed E-state index contributed by atoms with van der Waals surface area (Å²) in [5.41, 5.74) is 6.35. The first-order valence-electron chi connectivity index (χ1n) is 8.75. The standard InChI is InChI=1S/C20H22N2O4/c1-4-25-20(24)18-13(3)17-15(10-7-11-16(17)26-18)21-22-19(23)14-9-6-5-8-12(14)2/h5-6,8-9H,4,7,10-11H2,1-3H3,(H,22,23)/b21-15+. The molecular weight excluding hydrogens is 332 g/mol. The second-order valence-corrected chi connectivity index (χ2v) is 6.24. The van der Waals surface area contributed by atoms with E-state index in [2.05, 4.69) is 10.5 Å². The lowest BCUT2D eigenvalue weighted by Gasteiger charge is -2.13. The molecular formula is C20H22N2O4. The highest BCUT2D eigenvalue weighted by atomic mass is 16.5. The number of esters is 1. The first-order valence-corrected chi connectivity index (χ1v) is 8.75. The summed E-state index contributed by atoms with van der Waals surface area (Å²) < 4.78 is 10.8. The second kappa shape index (κ2) is 7.56. The summed E-state index contributed by atoms with van der Waals surface area (Å²) in [5, 5.41) is 4.33. The summed E-state index contributed by atoms with van der Waals surface area (Å²) in [6.07, 6.45) is 2.30. The van der Waals surface area contributed by atoms with Crippen LogP contribution in [-0.4, -0.2) is 24.2 Å². The first-order chi connectivity index (χ1) is 12.5. The van der Waals surface area contributed by atoms with E-state index in [9.17, 15) is 9.59 Å². The molecule has 0 fully saturated rings. The minimum Gasteiger partial charge on any atom is -0.460 e. The molecule has 2 aromatic rings. The number of benzene rings is 1. The molecule has 0 saturated carbocycles. The summed E-state index contributed by atoms with van der Waals surface area (Å²) in [6, 6.07) is 7.35. The molecule has 0 unspecified atom stereocenters. The fourth-order valence-corrected chi connectivity index (χ4v) is 3.18. The summed E-state index contributed by atoms with van der Waals surface area (Å²) in [4.78, 5) is 24.4. The molecule has 0 spiro atoms. The number of carbonyl (C=O) groups excluding carboxylic acids is 2. The third kappa shape index (κ3) is 3.40. The van der Waals surface area contributed by atoms with E-state index in [4.69, 9.17) is 9.15 Å². The highest BCUT2D eigenvalue weighted by Crippen LogP contribution is 2.30. The van der Waals surface area contributed by atoms with Crippen LogP contribution in [-0.2, 0) is 11.2 Å². The highest BCUT2D eigenvalue weighted by molar-refractivity contribution is 6.06. The SMILES string of the molecule is CCOC(=O)c1oc2c(c1C)/C(=N/NC(=O)c1ccccc1C)CCC2. The number of fused-ring (bicyclic) bond motifs is 1. The first kappa shape index (κ1) is 17.9. The maximum atomic E-state index is 12.4. The number of hydrogen-bond donors (Lipinski definition) is 1. The van der Waals surface area contributed by atoms with Crippen molar-refractivity contribution in [1.82, 2.24) is 5.43 Å². The van der Waals surface area contributed by atoms with Crippen LogP contribution in [0.1, 0.15) is 63.1 Å². The Morgan fingerprint density at radius 3 is 2.73 bits per heavy atom. The van der Waals surface area contributed by atoms with Gasteiger partial charge in [0.2, 0.25) is 5.76 Å². The van der Waals surface area contributed by atoms with Gasteiger partial charge in [-0.2, -0.15) is 5.10 Å². The maximum Gasteiger partial charge on any atom is 0.374 e. The number of ether oxygens (including phenoxy) is 1.